The zero-order valence-corrected chi connectivity index (χ0v) is 13.7. The molecule has 1 atom stereocenters. The van der Waals surface area contributed by atoms with Gasteiger partial charge in [0, 0.05) is 11.3 Å². The first-order valence-electron chi connectivity index (χ1n) is 7.34. The molecule has 1 unspecified atom stereocenters. The minimum Gasteiger partial charge on any atom is -0.345 e. The lowest BCUT2D eigenvalue weighted by Gasteiger charge is -2.24. The van der Waals surface area contributed by atoms with Gasteiger partial charge in [-0.3, -0.25) is 4.79 Å². The van der Waals surface area contributed by atoms with Crippen LogP contribution >= 0.6 is 11.3 Å². The van der Waals surface area contributed by atoms with E-state index in [2.05, 4.69) is 22.5 Å². The van der Waals surface area contributed by atoms with Crippen LogP contribution in [0.2, 0.25) is 0 Å². The fourth-order valence-corrected chi connectivity index (χ4v) is 3.47. The maximum absolute atomic E-state index is 12.1. The fourth-order valence-electron chi connectivity index (χ4n) is 2.50. The van der Waals surface area contributed by atoms with Crippen LogP contribution in [0.4, 0.5) is 0 Å². The summed E-state index contributed by atoms with van der Waals surface area (Å²) in [5.74, 6) is 0.792. The van der Waals surface area contributed by atoms with Crippen molar-refractivity contribution in [1.82, 2.24) is 15.6 Å². The number of carbonyl (C=O) groups excluding carboxylic acids is 1. The van der Waals surface area contributed by atoms with Crippen molar-refractivity contribution < 1.29 is 4.79 Å². The van der Waals surface area contributed by atoms with E-state index in [-0.39, 0.29) is 11.4 Å². The van der Waals surface area contributed by atoms with Gasteiger partial charge in [-0.25, -0.2) is 4.98 Å². The van der Waals surface area contributed by atoms with E-state index in [1.165, 1.54) is 11.3 Å². The summed E-state index contributed by atoms with van der Waals surface area (Å²) in [6.45, 7) is 10.3. The summed E-state index contributed by atoms with van der Waals surface area (Å²) >= 11 is 1.67. The Kier molecular flexibility index (Phi) is 4.81. The molecule has 20 heavy (non-hydrogen) atoms. The Morgan fingerprint density at radius 2 is 2.25 bits per heavy atom. The van der Waals surface area contributed by atoms with Gasteiger partial charge in [0.25, 0.3) is 0 Å². The smallest absolute Gasteiger partial charge is 0.220 e. The number of amides is 1. The quantitative estimate of drug-likeness (QED) is 0.877. The molecule has 0 bridgehead atoms. The highest BCUT2D eigenvalue weighted by Gasteiger charge is 2.27. The van der Waals surface area contributed by atoms with Crippen LogP contribution in [0.25, 0.3) is 0 Å². The van der Waals surface area contributed by atoms with Crippen molar-refractivity contribution in [2.45, 2.75) is 52.5 Å². The summed E-state index contributed by atoms with van der Waals surface area (Å²) in [7, 11) is 0. The Morgan fingerprint density at radius 3 is 2.80 bits per heavy atom. The van der Waals surface area contributed by atoms with Crippen LogP contribution < -0.4 is 10.6 Å². The molecule has 0 saturated carbocycles. The van der Waals surface area contributed by atoms with Crippen molar-refractivity contribution >= 4 is 17.2 Å². The van der Waals surface area contributed by atoms with Crippen LogP contribution in [-0.4, -0.2) is 24.0 Å². The highest BCUT2D eigenvalue weighted by molar-refractivity contribution is 7.11. The Morgan fingerprint density at radius 1 is 1.50 bits per heavy atom. The molecular formula is C15H25N3OS. The van der Waals surface area contributed by atoms with E-state index in [0.717, 1.165) is 30.2 Å². The largest absolute Gasteiger partial charge is 0.345 e. The standard InChI is InChI=1S/C15H25N3OS/c1-10-11(2)20-14(17-10)15(3,4)18-13(19)6-5-12-7-8-16-9-12/h12,16H,5-9H2,1-4H3,(H,18,19). The van der Waals surface area contributed by atoms with Crippen LogP contribution in [0.3, 0.4) is 0 Å². The van der Waals surface area contributed by atoms with Crippen LogP contribution in [0, 0.1) is 19.8 Å². The van der Waals surface area contributed by atoms with Gasteiger partial charge in [-0.15, -0.1) is 11.3 Å². The van der Waals surface area contributed by atoms with Crippen molar-refractivity contribution in [2.24, 2.45) is 5.92 Å². The van der Waals surface area contributed by atoms with Gasteiger partial charge in [0.2, 0.25) is 5.91 Å². The third kappa shape index (κ3) is 3.79. The van der Waals surface area contributed by atoms with Gasteiger partial charge in [-0.1, -0.05) is 0 Å². The molecule has 0 aromatic carbocycles. The lowest BCUT2D eigenvalue weighted by molar-refractivity contribution is -0.123. The molecule has 1 aromatic rings. The predicted octanol–water partition coefficient (Wildman–Crippen LogP) is 2.50. The Labute approximate surface area is 125 Å². The molecule has 1 saturated heterocycles. The second-order valence-corrected chi connectivity index (χ2v) is 7.43. The third-order valence-corrected chi connectivity index (χ3v) is 5.35. The summed E-state index contributed by atoms with van der Waals surface area (Å²) in [4.78, 5) is 17.9. The van der Waals surface area contributed by atoms with Gasteiger partial charge in [0.15, 0.2) is 0 Å². The molecule has 2 rings (SSSR count). The van der Waals surface area contributed by atoms with Crippen molar-refractivity contribution in [3.63, 3.8) is 0 Å². The molecule has 2 heterocycles. The maximum atomic E-state index is 12.1. The fraction of sp³-hybridized carbons (Fsp3) is 0.733. The second-order valence-electron chi connectivity index (χ2n) is 6.23. The minimum atomic E-state index is -0.380. The molecule has 0 spiro atoms. The lowest BCUT2D eigenvalue weighted by atomic mass is 10.0. The van der Waals surface area contributed by atoms with Gasteiger partial charge in [-0.2, -0.15) is 0 Å². The van der Waals surface area contributed by atoms with Crippen molar-refractivity contribution in [3.8, 4) is 0 Å². The first-order valence-corrected chi connectivity index (χ1v) is 8.16. The number of hydrogen-bond acceptors (Lipinski definition) is 4. The Balaban J connectivity index is 1.88. The summed E-state index contributed by atoms with van der Waals surface area (Å²) in [5.41, 5.74) is 0.679. The molecule has 5 heteroatoms. The Hall–Kier alpha value is -0.940. The van der Waals surface area contributed by atoms with E-state index in [1.54, 1.807) is 11.3 Å². The van der Waals surface area contributed by atoms with E-state index in [9.17, 15) is 4.79 Å². The summed E-state index contributed by atoms with van der Waals surface area (Å²) < 4.78 is 0. The average Bonchev–Trinajstić information content (AvgIpc) is 2.97. The molecule has 1 aromatic heterocycles. The van der Waals surface area contributed by atoms with Gasteiger partial charge < -0.3 is 10.6 Å². The van der Waals surface area contributed by atoms with Gasteiger partial charge in [0.05, 0.1) is 11.2 Å². The van der Waals surface area contributed by atoms with E-state index in [4.69, 9.17) is 0 Å². The SMILES string of the molecule is Cc1nc(C(C)(C)NC(=O)CCC2CCNC2)sc1C. The van der Waals surface area contributed by atoms with Crippen LogP contribution in [0.1, 0.15) is 48.7 Å². The number of aromatic nitrogens is 1. The van der Waals surface area contributed by atoms with E-state index in [1.807, 2.05) is 20.8 Å². The van der Waals surface area contributed by atoms with Crippen LogP contribution in [-0.2, 0) is 10.3 Å². The molecule has 0 radical (unpaired) electrons. The van der Waals surface area contributed by atoms with Gasteiger partial charge >= 0.3 is 0 Å². The first kappa shape index (κ1) is 15.4. The molecular weight excluding hydrogens is 270 g/mol. The van der Waals surface area contributed by atoms with Crippen molar-refractivity contribution in [2.75, 3.05) is 13.1 Å². The van der Waals surface area contributed by atoms with Crippen LogP contribution in [0.5, 0.6) is 0 Å². The molecule has 4 nitrogen and oxygen atoms in total. The molecule has 2 N–H and O–H groups in total. The average molecular weight is 295 g/mol. The number of hydrogen-bond donors (Lipinski definition) is 2. The molecule has 1 fully saturated rings. The highest BCUT2D eigenvalue weighted by atomic mass is 32.1. The monoisotopic (exact) mass is 295 g/mol. The number of carbonyl (C=O) groups is 1. The van der Waals surface area contributed by atoms with Gasteiger partial charge in [0.1, 0.15) is 5.01 Å². The summed E-state index contributed by atoms with van der Waals surface area (Å²) in [5, 5.41) is 7.45. The molecule has 0 aliphatic carbocycles. The molecule has 1 aliphatic rings. The van der Waals surface area contributed by atoms with E-state index < -0.39 is 0 Å². The maximum Gasteiger partial charge on any atom is 0.220 e. The molecule has 1 aliphatic heterocycles. The van der Waals surface area contributed by atoms with Crippen molar-refractivity contribution in [1.29, 1.82) is 0 Å². The van der Waals surface area contributed by atoms with Crippen molar-refractivity contribution in [3.05, 3.63) is 15.6 Å². The number of rotatable bonds is 5. The normalized spacial score (nSPS) is 19.3. The van der Waals surface area contributed by atoms with E-state index >= 15 is 0 Å². The number of nitrogens with zero attached hydrogens (tertiary/aromatic N) is 1. The number of nitrogens with one attached hydrogen (secondary N) is 2. The Bertz CT molecular complexity index is 456. The predicted molar refractivity (Wildman–Crippen MR) is 83.0 cm³/mol. The minimum absolute atomic E-state index is 0.132. The summed E-state index contributed by atoms with van der Waals surface area (Å²) in [6.07, 6.45) is 2.78. The number of aryl methyl sites for hydroxylation is 2. The van der Waals surface area contributed by atoms with Crippen LogP contribution in [0.15, 0.2) is 0 Å². The highest BCUT2D eigenvalue weighted by Crippen LogP contribution is 2.27. The molecule has 1 amide bonds. The summed E-state index contributed by atoms with van der Waals surface area (Å²) in [6, 6.07) is 0. The van der Waals surface area contributed by atoms with Gasteiger partial charge in [-0.05, 0) is 59.5 Å². The molecule has 112 valence electrons. The van der Waals surface area contributed by atoms with E-state index in [0.29, 0.717) is 12.3 Å². The first-order chi connectivity index (χ1) is 9.38. The third-order valence-electron chi connectivity index (χ3n) is 3.96. The second kappa shape index (κ2) is 6.22. The lowest BCUT2D eigenvalue weighted by Crippen LogP contribution is -2.41. The topological polar surface area (TPSA) is 54.0 Å². The number of thiazole rings is 1. The zero-order chi connectivity index (χ0) is 14.8. The zero-order valence-electron chi connectivity index (χ0n) is 12.9.